The molecule has 5 nitrogen and oxygen atoms in total. The van der Waals surface area contributed by atoms with Gasteiger partial charge in [-0.3, -0.25) is 14.5 Å². The molecule has 0 spiro atoms. The molecule has 2 heterocycles. The van der Waals surface area contributed by atoms with E-state index in [0.29, 0.717) is 43.6 Å². The summed E-state index contributed by atoms with van der Waals surface area (Å²) in [6, 6.07) is 12.6. The highest BCUT2D eigenvalue weighted by molar-refractivity contribution is 8.26. The zero-order chi connectivity index (χ0) is 21.4. The first-order valence-electron chi connectivity index (χ1n) is 9.04. The first-order valence-corrected chi connectivity index (χ1v) is 11.0. The smallest absolute Gasteiger partial charge is 0.267 e. The molecule has 154 valence electrons. The van der Waals surface area contributed by atoms with Crippen LogP contribution in [0.15, 0.2) is 47.4 Å². The molecule has 1 saturated heterocycles. The van der Waals surface area contributed by atoms with E-state index in [0.717, 1.165) is 23.0 Å². The summed E-state index contributed by atoms with van der Waals surface area (Å²) in [4.78, 5) is 29.9. The number of hydrogen-bond donors (Lipinski definition) is 0. The molecule has 0 atom stereocenters. The lowest BCUT2D eigenvalue weighted by Crippen LogP contribution is -2.32. The number of thioether (sulfide) groups is 1. The molecule has 2 aliphatic rings. The second kappa shape index (κ2) is 8.69. The summed E-state index contributed by atoms with van der Waals surface area (Å²) in [5, 5.41) is 1.00. The largest absolute Gasteiger partial charge is 0.383 e. The van der Waals surface area contributed by atoms with Crippen molar-refractivity contribution in [3.05, 3.63) is 68.5 Å². The van der Waals surface area contributed by atoms with Crippen LogP contribution in [-0.4, -0.2) is 41.3 Å². The Labute approximate surface area is 193 Å². The zero-order valence-electron chi connectivity index (χ0n) is 15.9. The number of thiocarbonyl (C=S) groups is 1. The van der Waals surface area contributed by atoms with Crippen molar-refractivity contribution < 1.29 is 14.3 Å². The van der Waals surface area contributed by atoms with Gasteiger partial charge in [-0.25, -0.2) is 0 Å². The minimum absolute atomic E-state index is 0.255. The maximum Gasteiger partial charge on any atom is 0.267 e. The molecule has 0 aliphatic carbocycles. The van der Waals surface area contributed by atoms with E-state index < -0.39 is 0 Å². The van der Waals surface area contributed by atoms with Crippen LogP contribution in [0.1, 0.15) is 11.1 Å². The number of fused-ring (bicyclic) bond motifs is 1. The number of carbonyl (C=O) groups excluding carboxylic acids is 2. The van der Waals surface area contributed by atoms with Crippen LogP contribution in [0.5, 0.6) is 0 Å². The van der Waals surface area contributed by atoms with Gasteiger partial charge in [-0.2, -0.15) is 0 Å². The van der Waals surface area contributed by atoms with E-state index in [4.69, 9.17) is 40.2 Å². The van der Waals surface area contributed by atoms with Crippen LogP contribution in [0.25, 0.3) is 5.57 Å². The monoisotopic (exact) mass is 478 g/mol. The van der Waals surface area contributed by atoms with Crippen molar-refractivity contribution in [2.75, 3.05) is 25.2 Å². The number of halogens is 2. The normalized spacial score (nSPS) is 18.6. The average Bonchev–Trinajstić information content (AvgIpc) is 3.15. The molecular formula is C21H16Cl2N2O3S2. The molecule has 0 bridgehead atoms. The van der Waals surface area contributed by atoms with Crippen LogP contribution in [0, 0.1) is 0 Å². The van der Waals surface area contributed by atoms with Crippen molar-refractivity contribution in [2.45, 2.75) is 6.54 Å². The number of methoxy groups -OCH3 is 1. The number of nitrogens with zero attached hydrogens (tertiary/aromatic N) is 2. The van der Waals surface area contributed by atoms with E-state index in [-0.39, 0.29) is 18.4 Å². The quantitative estimate of drug-likeness (QED) is 0.458. The molecule has 2 amide bonds. The van der Waals surface area contributed by atoms with Crippen molar-refractivity contribution in [3.8, 4) is 0 Å². The molecule has 4 rings (SSSR count). The number of amides is 2. The van der Waals surface area contributed by atoms with E-state index in [1.54, 1.807) is 30.2 Å². The summed E-state index contributed by atoms with van der Waals surface area (Å²) in [6.45, 7) is 0.970. The summed E-state index contributed by atoms with van der Waals surface area (Å²) < 4.78 is 5.49. The minimum atomic E-state index is -0.272. The predicted octanol–water partition coefficient (Wildman–Crippen LogP) is 4.76. The van der Waals surface area contributed by atoms with E-state index in [2.05, 4.69) is 0 Å². The zero-order valence-corrected chi connectivity index (χ0v) is 19.0. The van der Waals surface area contributed by atoms with Crippen LogP contribution in [0.3, 0.4) is 0 Å². The van der Waals surface area contributed by atoms with Gasteiger partial charge in [0.05, 0.1) is 35.9 Å². The molecule has 9 heteroatoms. The summed E-state index contributed by atoms with van der Waals surface area (Å²) >= 11 is 18.8. The Kier molecular flexibility index (Phi) is 6.18. The topological polar surface area (TPSA) is 49.9 Å². The van der Waals surface area contributed by atoms with Gasteiger partial charge in [0.15, 0.2) is 0 Å². The van der Waals surface area contributed by atoms with Crippen molar-refractivity contribution in [3.63, 3.8) is 0 Å². The Balaban J connectivity index is 1.74. The van der Waals surface area contributed by atoms with Crippen LogP contribution >= 0.6 is 47.2 Å². The maximum atomic E-state index is 13.5. The van der Waals surface area contributed by atoms with Gasteiger partial charge in [0, 0.05) is 22.7 Å². The van der Waals surface area contributed by atoms with Gasteiger partial charge in [-0.05, 0) is 23.8 Å². The third-order valence-corrected chi connectivity index (χ3v) is 6.90. The van der Waals surface area contributed by atoms with Crippen LogP contribution < -0.4 is 4.90 Å². The molecular weight excluding hydrogens is 463 g/mol. The molecule has 0 saturated carbocycles. The lowest BCUT2D eigenvalue weighted by molar-refractivity contribution is -0.123. The van der Waals surface area contributed by atoms with Gasteiger partial charge in [-0.1, -0.05) is 71.4 Å². The molecule has 0 unspecified atom stereocenters. The predicted molar refractivity (Wildman–Crippen MR) is 125 cm³/mol. The second-order valence-electron chi connectivity index (χ2n) is 6.67. The Morgan fingerprint density at radius 3 is 2.57 bits per heavy atom. The van der Waals surface area contributed by atoms with Gasteiger partial charge in [-0.15, -0.1) is 0 Å². The number of para-hydroxylation sites is 1. The van der Waals surface area contributed by atoms with Crippen molar-refractivity contribution >= 4 is 74.6 Å². The first-order chi connectivity index (χ1) is 14.4. The maximum absolute atomic E-state index is 13.5. The summed E-state index contributed by atoms with van der Waals surface area (Å²) in [5.41, 5.74) is 2.57. The number of ether oxygens (including phenoxy) is 1. The first kappa shape index (κ1) is 21.3. The molecule has 0 N–H and O–H groups in total. The Morgan fingerprint density at radius 2 is 1.83 bits per heavy atom. The molecule has 2 aromatic carbocycles. The van der Waals surface area contributed by atoms with Gasteiger partial charge < -0.3 is 9.64 Å². The Bertz CT molecular complexity index is 1100. The summed E-state index contributed by atoms with van der Waals surface area (Å²) in [6.07, 6.45) is 0. The second-order valence-corrected chi connectivity index (χ2v) is 9.15. The van der Waals surface area contributed by atoms with E-state index in [1.807, 2.05) is 24.3 Å². The van der Waals surface area contributed by atoms with Gasteiger partial charge in [0.1, 0.15) is 4.32 Å². The molecule has 0 radical (unpaired) electrons. The molecule has 2 aromatic rings. The SMILES string of the molecule is COCCN1C(=O)/C(=C2/C(=O)N(Cc3ccc(Cl)cc3Cl)c3ccccc32)SC1=S. The van der Waals surface area contributed by atoms with Crippen LogP contribution in [0.2, 0.25) is 10.0 Å². The molecule has 0 aromatic heterocycles. The fourth-order valence-electron chi connectivity index (χ4n) is 3.40. The molecule has 30 heavy (non-hydrogen) atoms. The highest BCUT2D eigenvalue weighted by atomic mass is 35.5. The number of rotatable bonds is 5. The lowest BCUT2D eigenvalue weighted by atomic mass is 10.1. The highest BCUT2D eigenvalue weighted by Crippen LogP contribution is 2.45. The summed E-state index contributed by atoms with van der Waals surface area (Å²) in [5.74, 6) is -0.527. The highest BCUT2D eigenvalue weighted by Gasteiger charge is 2.41. The Hall–Kier alpha value is -1.90. The van der Waals surface area contributed by atoms with Crippen molar-refractivity contribution in [1.82, 2.24) is 4.90 Å². The minimum Gasteiger partial charge on any atom is -0.383 e. The number of carbonyl (C=O) groups is 2. The third kappa shape index (κ3) is 3.76. The fraction of sp³-hybridized carbons (Fsp3) is 0.190. The third-order valence-electron chi connectivity index (χ3n) is 4.86. The Morgan fingerprint density at radius 1 is 1.07 bits per heavy atom. The van der Waals surface area contributed by atoms with Crippen LogP contribution in [-0.2, 0) is 20.9 Å². The van der Waals surface area contributed by atoms with Crippen LogP contribution in [0.4, 0.5) is 5.69 Å². The fourth-order valence-corrected chi connectivity index (χ4v) is 5.25. The average molecular weight is 479 g/mol. The summed E-state index contributed by atoms with van der Waals surface area (Å²) in [7, 11) is 1.56. The van der Waals surface area contributed by atoms with Crippen molar-refractivity contribution in [1.29, 1.82) is 0 Å². The molecule has 2 aliphatic heterocycles. The van der Waals surface area contributed by atoms with E-state index in [9.17, 15) is 9.59 Å². The number of benzene rings is 2. The standard InChI is InChI=1S/C21H16Cl2N2O3S2/c1-28-9-8-24-20(27)18(30-21(24)29)17-14-4-2-3-5-16(14)25(19(17)26)11-12-6-7-13(22)10-15(12)23/h2-7,10H,8-9,11H2,1H3/b18-17-. The van der Waals surface area contributed by atoms with Crippen molar-refractivity contribution in [2.24, 2.45) is 0 Å². The van der Waals surface area contributed by atoms with Gasteiger partial charge in [0.2, 0.25) is 0 Å². The number of anilines is 1. The number of hydrogen-bond acceptors (Lipinski definition) is 5. The van der Waals surface area contributed by atoms with E-state index >= 15 is 0 Å². The van der Waals surface area contributed by atoms with E-state index in [1.165, 1.54) is 4.90 Å². The molecule has 1 fully saturated rings. The van der Waals surface area contributed by atoms with Gasteiger partial charge >= 0.3 is 0 Å². The lowest BCUT2D eigenvalue weighted by Gasteiger charge is -2.18. The van der Waals surface area contributed by atoms with Gasteiger partial charge in [0.25, 0.3) is 11.8 Å².